The summed E-state index contributed by atoms with van der Waals surface area (Å²) in [6.07, 6.45) is -0.315. The summed E-state index contributed by atoms with van der Waals surface area (Å²) in [5.41, 5.74) is -6.02. The van der Waals surface area contributed by atoms with Crippen LogP contribution in [-0.4, -0.2) is 64.5 Å². The molecule has 19 heteroatoms. The Morgan fingerprint density at radius 2 is 1.15 bits per heavy atom. The second-order valence-electron chi connectivity index (χ2n) is 16.8. The molecule has 0 spiro atoms. The summed E-state index contributed by atoms with van der Waals surface area (Å²) in [5.74, 6) is -6.44. The fourth-order valence-electron chi connectivity index (χ4n) is 9.17. The molecule has 0 aliphatic carbocycles. The van der Waals surface area contributed by atoms with Crippen molar-refractivity contribution in [3.8, 4) is 0 Å². The quantitative estimate of drug-likeness (QED) is 0.0211. The summed E-state index contributed by atoms with van der Waals surface area (Å²) in [7, 11) is -6.33. The average molecular weight is 1030 g/mol. The van der Waals surface area contributed by atoms with Crippen molar-refractivity contribution in [2.24, 2.45) is 11.1 Å². The molecule has 3 heterocycles. The highest BCUT2D eigenvalue weighted by Gasteiger charge is 2.58. The molecule has 1 aromatic heterocycles. The van der Waals surface area contributed by atoms with Crippen LogP contribution < -0.4 is 10.6 Å². The van der Waals surface area contributed by atoms with E-state index in [2.05, 4.69) is 20.0 Å². The molecular weight excluding hydrogens is 991 g/mol. The van der Waals surface area contributed by atoms with Gasteiger partial charge >= 0.3 is 21.6 Å². The lowest BCUT2D eigenvalue weighted by atomic mass is 9.77. The predicted octanol–water partition coefficient (Wildman–Crippen LogP) is 9.81. The van der Waals surface area contributed by atoms with E-state index >= 15 is 4.79 Å². The van der Waals surface area contributed by atoms with E-state index in [0.717, 1.165) is 28.0 Å². The average Bonchev–Trinajstić information content (AvgIpc) is 3.76. The number of carbonyl (C=O) groups is 3. The van der Waals surface area contributed by atoms with Crippen LogP contribution in [-0.2, 0) is 44.7 Å². The first-order valence-corrected chi connectivity index (χ1v) is 24.8. The third-order valence-electron chi connectivity index (χ3n) is 12.5. The van der Waals surface area contributed by atoms with Gasteiger partial charge in [-0.1, -0.05) is 217 Å². The number of fused-ring (bicyclic) bond motifs is 1. The number of aliphatic carboxylic acids is 1. The lowest BCUT2D eigenvalue weighted by Gasteiger charge is -2.51. The second-order valence-corrected chi connectivity index (χ2v) is 19.9. The standard InChI is InChI=1S/C53H41ClF3N5O8S2/c1-33-32-40-41(48(64)62(40)44(49(65)66)45(33)69-72(67,68)53(55,56)57)58-47(63)43(61-70-52(37-26-14-5-15-27-37,38-28-16-6-17-29-38)39-30-18-7-19-31-39)42-46(54)71-50(59-42)60-51(34-20-8-2-9-21-34,35-22-10-3-11-23-35)36-24-12-4-13-25-36/h2-31,33,40-41H,32H2,1H3,(H,58,63)(H,59,60)(H,65,66)/t33?,40-,41+/m1/s1. The number of allylic oxidation sites excluding steroid dienone is 1. The van der Waals surface area contributed by atoms with Crippen LogP contribution in [0.25, 0.3) is 0 Å². The number of nitrogens with one attached hydrogen (secondary N) is 2. The molecule has 0 bridgehead atoms. The van der Waals surface area contributed by atoms with E-state index in [0.29, 0.717) is 21.6 Å². The molecule has 2 amide bonds. The first kappa shape index (κ1) is 49.2. The fourth-order valence-corrected chi connectivity index (χ4v) is 10.8. The first-order chi connectivity index (χ1) is 34.6. The molecule has 1 fully saturated rings. The molecule has 1 unspecified atom stereocenters. The SMILES string of the molecule is CC1C[C@@H]2[C@H](NC(=O)C(=NOC(c3ccccc3)(c3ccccc3)c3ccccc3)c3nc(NC(c4ccccc4)(c4ccccc4)c4ccccc4)sc3Cl)C(=O)N2C(C(=O)O)=C1OS(=O)(=O)C(F)(F)F. The maximum absolute atomic E-state index is 15.1. The molecule has 0 saturated carbocycles. The van der Waals surface area contributed by atoms with Crippen LogP contribution in [0.2, 0.25) is 4.34 Å². The van der Waals surface area contributed by atoms with E-state index in [9.17, 15) is 36.3 Å². The Labute approximate surface area is 420 Å². The number of aromatic nitrogens is 1. The predicted molar refractivity (Wildman–Crippen MR) is 264 cm³/mol. The van der Waals surface area contributed by atoms with Crippen molar-refractivity contribution in [2.45, 2.75) is 42.1 Å². The number of halogens is 4. The zero-order chi connectivity index (χ0) is 50.8. The molecule has 72 heavy (non-hydrogen) atoms. The molecule has 1 saturated heterocycles. The van der Waals surface area contributed by atoms with E-state index in [-0.39, 0.29) is 21.6 Å². The molecule has 3 atom stereocenters. The molecule has 13 nitrogen and oxygen atoms in total. The number of carboxylic acid groups (broad SMARTS) is 1. The molecule has 366 valence electrons. The summed E-state index contributed by atoms with van der Waals surface area (Å²) < 4.78 is 68.8. The van der Waals surface area contributed by atoms with E-state index in [1.165, 1.54) is 6.92 Å². The van der Waals surface area contributed by atoms with Gasteiger partial charge in [0.1, 0.15) is 21.6 Å². The van der Waals surface area contributed by atoms with Gasteiger partial charge in [0, 0.05) is 22.6 Å². The first-order valence-electron chi connectivity index (χ1n) is 22.2. The Bertz CT molecular complexity index is 3110. The van der Waals surface area contributed by atoms with Crippen molar-refractivity contribution in [2.75, 3.05) is 5.32 Å². The summed E-state index contributed by atoms with van der Waals surface area (Å²) >= 11 is 8.16. The number of nitrogens with zero attached hydrogens (tertiary/aromatic N) is 3. The number of carbonyl (C=O) groups excluding carboxylic acids is 2. The normalized spacial score (nSPS) is 17.3. The van der Waals surface area contributed by atoms with Gasteiger partial charge in [0.2, 0.25) is 5.60 Å². The Morgan fingerprint density at radius 3 is 1.56 bits per heavy atom. The van der Waals surface area contributed by atoms with Gasteiger partial charge in [0.25, 0.3) is 11.8 Å². The highest BCUT2D eigenvalue weighted by atomic mass is 35.5. The molecule has 2 aliphatic heterocycles. The number of benzene rings is 6. The number of hydrogen-bond acceptors (Lipinski definition) is 11. The van der Waals surface area contributed by atoms with Gasteiger partial charge in [-0.15, -0.1) is 0 Å². The third kappa shape index (κ3) is 8.97. The van der Waals surface area contributed by atoms with E-state index in [4.69, 9.17) is 21.4 Å². The van der Waals surface area contributed by atoms with Gasteiger partial charge in [-0.05, 0) is 23.1 Å². The minimum Gasteiger partial charge on any atom is -0.476 e. The van der Waals surface area contributed by atoms with E-state index in [1.54, 1.807) is 0 Å². The van der Waals surface area contributed by atoms with Gasteiger partial charge in [-0.25, -0.2) is 9.78 Å². The molecule has 9 rings (SSSR count). The van der Waals surface area contributed by atoms with E-state index in [1.807, 2.05) is 182 Å². The number of alkyl halides is 3. The summed E-state index contributed by atoms with van der Waals surface area (Å²) in [5, 5.41) is 21.3. The Kier molecular flexibility index (Phi) is 13.5. The summed E-state index contributed by atoms with van der Waals surface area (Å²) in [6, 6.07) is 53.7. The molecule has 7 aromatic rings. The van der Waals surface area contributed by atoms with Crippen LogP contribution in [0.15, 0.2) is 199 Å². The zero-order valence-corrected chi connectivity index (χ0v) is 40.1. The van der Waals surface area contributed by atoms with Crippen LogP contribution in [0.3, 0.4) is 0 Å². The maximum Gasteiger partial charge on any atom is 0.534 e. The van der Waals surface area contributed by atoms with Crippen molar-refractivity contribution in [3.63, 3.8) is 0 Å². The van der Waals surface area contributed by atoms with Crippen LogP contribution in [0.5, 0.6) is 0 Å². The Hall–Kier alpha value is -7.80. The number of β-lactam (4-membered cyclic amide) rings is 1. The van der Waals surface area contributed by atoms with Crippen LogP contribution in [0.4, 0.5) is 18.3 Å². The largest absolute Gasteiger partial charge is 0.534 e. The molecule has 2 aliphatic rings. The number of thiazole rings is 1. The summed E-state index contributed by atoms with van der Waals surface area (Å²) in [6.45, 7) is 1.24. The monoisotopic (exact) mass is 1030 g/mol. The fraction of sp³-hybridized carbons (Fsp3) is 0.151. The summed E-state index contributed by atoms with van der Waals surface area (Å²) in [4.78, 5) is 54.0. The molecule has 0 radical (unpaired) electrons. The Morgan fingerprint density at radius 1 is 0.736 bits per heavy atom. The maximum atomic E-state index is 15.1. The lowest BCUT2D eigenvalue weighted by molar-refractivity contribution is -0.157. The van der Waals surface area contributed by atoms with Crippen molar-refractivity contribution in [3.05, 3.63) is 237 Å². The van der Waals surface area contributed by atoms with Crippen molar-refractivity contribution >= 4 is 61.7 Å². The minimum atomic E-state index is -6.33. The molecule has 6 aromatic carbocycles. The van der Waals surface area contributed by atoms with Gasteiger partial charge in [-0.2, -0.15) is 21.6 Å². The number of rotatable bonds is 16. The third-order valence-corrected chi connectivity index (χ3v) is 14.6. The molecular formula is C53H41ClF3N5O8S2. The smallest absolute Gasteiger partial charge is 0.476 e. The highest BCUT2D eigenvalue weighted by molar-refractivity contribution is 7.87. The topological polar surface area (TPSA) is 177 Å². The Balaban J connectivity index is 1.18. The van der Waals surface area contributed by atoms with Crippen LogP contribution >= 0.6 is 22.9 Å². The van der Waals surface area contributed by atoms with Crippen molar-refractivity contribution in [1.82, 2.24) is 15.2 Å². The van der Waals surface area contributed by atoms with Gasteiger partial charge in [0.05, 0.1) is 6.04 Å². The van der Waals surface area contributed by atoms with Crippen molar-refractivity contribution in [1.29, 1.82) is 0 Å². The molecule has 3 N–H and O–H groups in total. The number of carboxylic acids is 1. The number of hydrogen-bond donors (Lipinski definition) is 3. The number of oxime groups is 1. The minimum absolute atomic E-state index is 0.0283. The van der Waals surface area contributed by atoms with Crippen molar-refractivity contribution < 1.29 is 50.1 Å². The number of anilines is 1. The zero-order valence-electron chi connectivity index (χ0n) is 37.7. The van der Waals surface area contributed by atoms with Crippen LogP contribution in [0, 0.1) is 5.92 Å². The van der Waals surface area contributed by atoms with Gasteiger partial charge in [-0.3, -0.25) is 14.5 Å². The number of amides is 2. The van der Waals surface area contributed by atoms with Crippen LogP contribution in [0.1, 0.15) is 52.4 Å². The lowest BCUT2D eigenvalue weighted by Crippen LogP contribution is -2.72. The van der Waals surface area contributed by atoms with Gasteiger partial charge in [0.15, 0.2) is 22.3 Å². The van der Waals surface area contributed by atoms with Gasteiger partial charge < -0.3 is 24.8 Å². The highest BCUT2D eigenvalue weighted by Crippen LogP contribution is 2.45. The second kappa shape index (κ2) is 19.8. The van der Waals surface area contributed by atoms with E-state index < -0.39 is 79.7 Å².